The molecule has 1 aliphatic rings. The molecule has 0 aromatic heterocycles. The van der Waals surface area contributed by atoms with E-state index in [1.807, 2.05) is 5.32 Å². The minimum Gasteiger partial charge on any atom is -0.456 e. The van der Waals surface area contributed by atoms with Crippen LogP contribution in [0.4, 0.5) is 13.2 Å². The van der Waals surface area contributed by atoms with Gasteiger partial charge in [0.15, 0.2) is 0 Å². The van der Waals surface area contributed by atoms with Gasteiger partial charge in [-0.2, -0.15) is 13.2 Å². The van der Waals surface area contributed by atoms with Gasteiger partial charge in [0, 0.05) is 0 Å². The van der Waals surface area contributed by atoms with E-state index in [0.29, 0.717) is 13.2 Å². The predicted molar refractivity (Wildman–Crippen MR) is 39.6 cm³/mol. The molecule has 0 amide bonds. The third kappa shape index (κ3) is 4.43. The Labute approximate surface area is 78.4 Å². The van der Waals surface area contributed by atoms with Crippen LogP contribution in [-0.2, 0) is 14.3 Å². The Morgan fingerprint density at radius 3 is 2.57 bits per heavy atom. The highest BCUT2D eigenvalue weighted by Crippen LogP contribution is 2.12. The second kappa shape index (κ2) is 4.61. The average Bonchev–Trinajstić information content (AvgIpc) is 1.94. The SMILES string of the molecule is O=C(CNCC(F)(F)F)OC1COC1. The van der Waals surface area contributed by atoms with E-state index in [1.54, 1.807) is 0 Å². The highest BCUT2D eigenvalue weighted by Gasteiger charge is 2.27. The lowest BCUT2D eigenvalue weighted by molar-refractivity contribution is -0.171. The van der Waals surface area contributed by atoms with E-state index in [1.165, 1.54) is 0 Å². The summed E-state index contributed by atoms with van der Waals surface area (Å²) in [4.78, 5) is 10.8. The zero-order valence-corrected chi connectivity index (χ0v) is 7.26. The normalized spacial score (nSPS) is 17.6. The third-order valence-corrected chi connectivity index (χ3v) is 1.50. The van der Waals surface area contributed by atoms with Gasteiger partial charge in [-0.1, -0.05) is 0 Å². The fourth-order valence-corrected chi connectivity index (χ4v) is 0.816. The van der Waals surface area contributed by atoms with Gasteiger partial charge in [0.05, 0.1) is 26.3 Å². The van der Waals surface area contributed by atoms with E-state index in [0.717, 1.165) is 0 Å². The number of carbonyl (C=O) groups excluding carboxylic acids is 1. The molecule has 0 radical (unpaired) electrons. The molecule has 82 valence electrons. The Bertz CT molecular complexity index is 203. The van der Waals surface area contributed by atoms with Crippen LogP contribution in [0.5, 0.6) is 0 Å². The highest BCUT2D eigenvalue weighted by molar-refractivity contribution is 5.71. The number of halogens is 3. The Hall–Kier alpha value is -0.820. The molecule has 0 aliphatic carbocycles. The van der Waals surface area contributed by atoms with Gasteiger partial charge in [-0.15, -0.1) is 0 Å². The summed E-state index contributed by atoms with van der Waals surface area (Å²) in [7, 11) is 0. The molecule has 0 saturated carbocycles. The van der Waals surface area contributed by atoms with Crippen LogP contribution in [-0.4, -0.2) is 44.6 Å². The van der Waals surface area contributed by atoms with Crippen LogP contribution in [0.25, 0.3) is 0 Å². The van der Waals surface area contributed by atoms with Gasteiger partial charge in [0.2, 0.25) is 0 Å². The molecular weight excluding hydrogens is 203 g/mol. The molecule has 0 aromatic rings. The van der Waals surface area contributed by atoms with Gasteiger partial charge in [-0.25, -0.2) is 0 Å². The summed E-state index contributed by atoms with van der Waals surface area (Å²) in [5.41, 5.74) is 0. The number of alkyl halides is 3. The summed E-state index contributed by atoms with van der Waals surface area (Å²) in [6.07, 6.45) is -4.60. The Balaban J connectivity index is 2.03. The Morgan fingerprint density at radius 1 is 1.50 bits per heavy atom. The Kier molecular flexibility index (Phi) is 3.70. The average molecular weight is 213 g/mol. The van der Waals surface area contributed by atoms with Gasteiger partial charge >= 0.3 is 12.1 Å². The van der Waals surface area contributed by atoms with Crippen molar-refractivity contribution in [3.8, 4) is 0 Å². The monoisotopic (exact) mass is 213 g/mol. The fraction of sp³-hybridized carbons (Fsp3) is 0.857. The molecule has 0 aromatic carbocycles. The molecule has 0 spiro atoms. The van der Waals surface area contributed by atoms with Crippen molar-refractivity contribution in [1.29, 1.82) is 0 Å². The van der Waals surface area contributed by atoms with Crippen molar-refractivity contribution in [3.05, 3.63) is 0 Å². The largest absolute Gasteiger partial charge is 0.456 e. The summed E-state index contributed by atoms with van der Waals surface area (Å²) in [5, 5.41) is 1.94. The summed E-state index contributed by atoms with van der Waals surface area (Å²) >= 11 is 0. The molecule has 1 heterocycles. The second-order valence-electron chi connectivity index (χ2n) is 2.87. The second-order valence-corrected chi connectivity index (χ2v) is 2.87. The molecule has 1 fully saturated rings. The van der Waals surface area contributed by atoms with Crippen LogP contribution < -0.4 is 5.32 Å². The van der Waals surface area contributed by atoms with Gasteiger partial charge in [0.1, 0.15) is 6.10 Å². The summed E-state index contributed by atoms with van der Waals surface area (Å²) in [5.74, 6) is -0.692. The van der Waals surface area contributed by atoms with Gasteiger partial charge in [-0.05, 0) is 0 Å². The first-order chi connectivity index (χ1) is 6.47. The molecule has 4 nitrogen and oxygen atoms in total. The summed E-state index contributed by atoms with van der Waals surface area (Å²) in [6, 6.07) is 0. The zero-order chi connectivity index (χ0) is 10.6. The van der Waals surface area contributed by atoms with Crippen molar-refractivity contribution in [3.63, 3.8) is 0 Å². The maximum atomic E-state index is 11.6. The van der Waals surface area contributed by atoms with Crippen molar-refractivity contribution in [1.82, 2.24) is 5.32 Å². The number of carbonyl (C=O) groups is 1. The van der Waals surface area contributed by atoms with Crippen molar-refractivity contribution < 1.29 is 27.4 Å². The lowest BCUT2D eigenvalue weighted by atomic mass is 10.3. The van der Waals surface area contributed by atoms with Crippen LogP contribution in [0.15, 0.2) is 0 Å². The molecule has 0 bridgehead atoms. The molecular formula is C7H10F3NO3. The molecule has 1 rings (SSSR count). The summed E-state index contributed by atoms with van der Waals surface area (Å²) < 4.78 is 44.3. The zero-order valence-electron chi connectivity index (χ0n) is 7.26. The summed E-state index contributed by atoms with van der Waals surface area (Å²) in [6.45, 7) is -0.977. The van der Waals surface area contributed by atoms with Crippen molar-refractivity contribution >= 4 is 5.97 Å². The van der Waals surface area contributed by atoms with Crippen LogP contribution in [0.3, 0.4) is 0 Å². The van der Waals surface area contributed by atoms with E-state index < -0.39 is 25.2 Å². The van der Waals surface area contributed by atoms with Gasteiger partial charge < -0.3 is 9.47 Å². The van der Waals surface area contributed by atoms with E-state index in [2.05, 4.69) is 0 Å². The lowest BCUT2D eigenvalue weighted by Gasteiger charge is -2.25. The van der Waals surface area contributed by atoms with Crippen LogP contribution >= 0.6 is 0 Å². The molecule has 7 heteroatoms. The number of rotatable bonds is 4. The number of hydrogen-bond acceptors (Lipinski definition) is 4. The first kappa shape index (κ1) is 11.3. The molecule has 1 aliphatic heterocycles. The topological polar surface area (TPSA) is 47.6 Å². The smallest absolute Gasteiger partial charge is 0.401 e. The fourth-order valence-electron chi connectivity index (χ4n) is 0.816. The first-order valence-corrected chi connectivity index (χ1v) is 4.02. The van der Waals surface area contributed by atoms with Crippen molar-refractivity contribution in [2.24, 2.45) is 0 Å². The van der Waals surface area contributed by atoms with Gasteiger partial charge in [-0.3, -0.25) is 10.1 Å². The molecule has 1 N–H and O–H groups in total. The standard InChI is InChI=1S/C7H10F3NO3/c8-7(9,10)4-11-1-6(12)14-5-2-13-3-5/h5,11H,1-4H2. The maximum Gasteiger partial charge on any atom is 0.401 e. The predicted octanol–water partition coefficient (Wildman–Crippen LogP) is 0.0803. The lowest BCUT2D eigenvalue weighted by Crippen LogP contribution is -2.41. The van der Waals surface area contributed by atoms with Crippen LogP contribution in [0, 0.1) is 0 Å². The minimum absolute atomic E-state index is 0.296. The molecule has 0 atom stereocenters. The first-order valence-electron chi connectivity index (χ1n) is 4.02. The van der Waals surface area contributed by atoms with E-state index in [9.17, 15) is 18.0 Å². The van der Waals surface area contributed by atoms with Crippen LogP contribution in [0.1, 0.15) is 0 Å². The number of esters is 1. The van der Waals surface area contributed by atoms with E-state index in [4.69, 9.17) is 9.47 Å². The maximum absolute atomic E-state index is 11.6. The molecule has 1 saturated heterocycles. The molecule has 14 heavy (non-hydrogen) atoms. The van der Waals surface area contributed by atoms with Crippen molar-refractivity contribution in [2.75, 3.05) is 26.3 Å². The number of ether oxygens (including phenoxy) is 2. The number of nitrogens with one attached hydrogen (secondary N) is 1. The number of hydrogen-bond donors (Lipinski definition) is 1. The quantitative estimate of drug-likeness (QED) is 0.672. The van der Waals surface area contributed by atoms with E-state index in [-0.39, 0.29) is 6.10 Å². The van der Waals surface area contributed by atoms with Crippen molar-refractivity contribution in [2.45, 2.75) is 12.3 Å². The third-order valence-electron chi connectivity index (χ3n) is 1.50. The van der Waals surface area contributed by atoms with E-state index >= 15 is 0 Å². The van der Waals surface area contributed by atoms with Gasteiger partial charge in [0.25, 0.3) is 0 Å². The highest BCUT2D eigenvalue weighted by atomic mass is 19.4. The Morgan fingerprint density at radius 2 is 2.14 bits per heavy atom. The van der Waals surface area contributed by atoms with Crippen LogP contribution in [0.2, 0.25) is 0 Å². The minimum atomic E-state index is -4.31. The molecule has 0 unspecified atom stereocenters.